The third-order valence-electron chi connectivity index (χ3n) is 4.72. The Morgan fingerprint density at radius 1 is 1.12 bits per heavy atom. The van der Waals surface area contributed by atoms with Crippen LogP contribution < -0.4 is 0 Å². The fourth-order valence-corrected chi connectivity index (χ4v) is 3.61. The number of benzene rings is 2. The average Bonchev–Trinajstić information content (AvgIpc) is 2.56. The fourth-order valence-electron chi connectivity index (χ4n) is 3.61. The number of nitrogens with zero attached hydrogens (tertiary/aromatic N) is 1. The quantitative estimate of drug-likeness (QED) is 0.837. The van der Waals surface area contributed by atoms with Gasteiger partial charge in [-0.25, -0.2) is 0 Å². The fraction of sp³-hybridized carbons (Fsp3) is 0.304. The molecule has 0 aromatic heterocycles. The molecular formula is C23H27NO. The van der Waals surface area contributed by atoms with Crippen molar-refractivity contribution in [3.63, 3.8) is 0 Å². The van der Waals surface area contributed by atoms with Gasteiger partial charge < -0.3 is 10.0 Å². The Bertz CT molecular complexity index is 801. The molecule has 0 heterocycles. The molecule has 0 radical (unpaired) electrons. The molecule has 2 nitrogen and oxygen atoms in total. The number of phenols is 1. The highest BCUT2D eigenvalue weighted by atomic mass is 16.3. The van der Waals surface area contributed by atoms with Crippen LogP contribution in [-0.2, 0) is 0 Å². The summed E-state index contributed by atoms with van der Waals surface area (Å²) in [5, 5.41) is 9.89. The second-order valence-corrected chi connectivity index (χ2v) is 7.28. The highest BCUT2D eigenvalue weighted by Crippen LogP contribution is 2.36. The van der Waals surface area contributed by atoms with Crippen LogP contribution in [0, 0.1) is 12.8 Å². The Balaban J connectivity index is 1.98. The largest absolute Gasteiger partial charge is 0.508 e. The SMILES string of the molecule is Cc1cccc(/C=C2/C=C(c3cccc(O)c3)C(CN(C)C)CC2)c1. The van der Waals surface area contributed by atoms with Crippen molar-refractivity contribution in [1.29, 1.82) is 0 Å². The van der Waals surface area contributed by atoms with Gasteiger partial charge in [-0.1, -0.05) is 54.1 Å². The molecule has 1 aliphatic carbocycles. The molecule has 1 N–H and O–H groups in total. The van der Waals surface area contributed by atoms with Gasteiger partial charge in [-0.3, -0.25) is 0 Å². The second-order valence-electron chi connectivity index (χ2n) is 7.28. The molecule has 2 aromatic rings. The first-order valence-electron chi connectivity index (χ1n) is 8.94. The lowest BCUT2D eigenvalue weighted by molar-refractivity contribution is 0.352. The molecule has 0 saturated carbocycles. The summed E-state index contributed by atoms with van der Waals surface area (Å²) in [5.41, 5.74) is 6.36. The van der Waals surface area contributed by atoms with E-state index < -0.39 is 0 Å². The van der Waals surface area contributed by atoms with Crippen LogP contribution in [0.15, 0.2) is 60.2 Å². The van der Waals surface area contributed by atoms with Crippen LogP contribution in [0.1, 0.15) is 29.5 Å². The molecule has 3 rings (SSSR count). The van der Waals surface area contributed by atoms with Crippen molar-refractivity contribution in [2.45, 2.75) is 19.8 Å². The minimum absolute atomic E-state index is 0.330. The van der Waals surface area contributed by atoms with Crippen LogP contribution >= 0.6 is 0 Å². The molecule has 0 amide bonds. The standard InChI is InChI=1S/C23H27NO/c1-17-6-4-7-18(12-17)13-19-10-11-21(16-24(2)3)23(14-19)20-8-5-9-22(25)15-20/h4-9,12-15,21,25H,10-11,16H2,1-3H3/b19-13+. The molecule has 0 spiro atoms. The van der Waals surface area contributed by atoms with Gasteiger partial charge in [0.05, 0.1) is 0 Å². The number of hydrogen-bond donors (Lipinski definition) is 1. The smallest absolute Gasteiger partial charge is 0.116 e. The highest BCUT2D eigenvalue weighted by molar-refractivity contribution is 5.74. The van der Waals surface area contributed by atoms with Crippen molar-refractivity contribution >= 4 is 11.6 Å². The number of allylic oxidation sites excluding steroid dienone is 2. The van der Waals surface area contributed by atoms with E-state index >= 15 is 0 Å². The van der Waals surface area contributed by atoms with E-state index in [2.05, 4.69) is 68.4 Å². The van der Waals surface area contributed by atoms with Gasteiger partial charge >= 0.3 is 0 Å². The van der Waals surface area contributed by atoms with E-state index in [1.807, 2.05) is 12.1 Å². The summed E-state index contributed by atoms with van der Waals surface area (Å²) in [6.07, 6.45) is 6.85. The van der Waals surface area contributed by atoms with Gasteiger partial charge in [-0.15, -0.1) is 0 Å². The summed E-state index contributed by atoms with van der Waals surface area (Å²) in [5.74, 6) is 0.822. The molecule has 0 aliphatic heterocycles. The van der Waals surface area contributed by atoms with Gasteiger partial charge in [-0.2, -0.15) is 0 Å². The minimum atomic E-state index is 0.330. The van der Waals surface area contributed by atoms with E-state index in [4.69, 9.17) is 0 Å². The lowest BCUT2D eigenvalue weighted by Gasteiger charge is -2.28. The summed E-state index contributed by atoms with van der Waals surface area (Å²) in [6.45, 7) is 3.16. The van der Waals surface area contributed by atoms with Crippen molar-refractivity contribution < 1.29 is 5.11 Å². The van der Waals surface area contributed by atoms with E-state index in [0.29, 0.717) is 11.7 Å². The molecule has 25 heavy (non-hydrogen) atoms. The van der Waals surface area contributed by atoms with Crippen LogP contribution in [-0.4, -0.2) is 30.6 Å². The Hall–Kier alpha value is -2.32. The normalized spacial score (nSPS) is 19.3. The topological polar surface area (TPSA) is 23.5 Å². The first kappa shape index (κ1) is 17.5. The molecule has 0 fully saturated rings. The minimum Gasteiger partial charge on any atom is -0.508 e. The van der Waals surface area contributed by atoms with Crippen molar-refractivity contribution in [3.8, 4) is 5.75 Å². The molecule has 1 unspecified atom stereocenters. The first-order chi connectivity index (χ1) is 12.0. The number of phenolic OH excluding ortho intramolecular Hbond substituents is 1. The Morgan fingerprint density at radius 3 is 2.64 bits per heavy atom. The molecule has 1 aliphatic rings. The van der Waals surface area contributed by atoms with Gasteiger partial charge in [-0.05, 0) is 74.2 Å². The van der Waals surface area contributed by atoms with Crippen molar-refractivity contribution in [1.82, 2.24) is 4.90 Å². The molecule has 2 heteroatoms. The van der Waals surface area contributed by atoms with E-state index in [1.165, 1.54) is 22.3 Å². The molecule has 1 atom stereocenters. The van der Waals surface area contributed by atoms with Gasteiger partial charge in [0.2, 0.25) is 0 Å². The molecular weight excluding hydrogens is 306 g/mol. The predicted molar refractivity (Wildman–Crippen MR) is 107 cm³/mol. The molecule has 2 aromatic carbocycles. The Morgan fingerprint density at radius 2 is 1.92 bits per heavy atom. The van der Waals surface area contributed by atoms with Gasteiger partial charge in [0.1, 0.15) is 5.75 Å². The molecule has 0 saturated heterocycles. The molecule has 0 bridgehead atoms. The van der Waals surface area contributed by atoms with Gasteiger partial charge in [0.15, 0.2) is 0 Å². The Labute approximate surface area is 151 Å². The summed E-state index contributed by atoms with van der Waals surface area (Å²) in [6, 6.07) is 16.3. The summed E-state index contributed by atoms with van der Waals surface area (Å²) >= 11 is 0. The van der Waals surface area contributed by atoms with Crippen LogP contribution in [0.4, 0.5) is 0 Å². The van der Waals surface area contributed by atoms with E-state index in [0.717, 1.165) is 24.9 Å². The zero-order valence-electron chi connectivity index (χ0n) is 15.4. The third kappa shape index (κ3) is 4.61. The maximum Gasteiger partial charge on any atom is 0.116 e. The maximum atomic E-state index is 9.89. The van der Waals surface area contributed by atoms with Crippen molar-refractivity contribution in [3.05, 3.63) is 76.9 Å². The lowest BCUT2D eigenvalue weighted by Crippen LogP contribution is -2.24. The zero-order chi connectivity index (χ0) is 17.8. The number of hydrogen-bond acceptors (Lipinski definition) is 2. The zero-order valence-corrected chi connectivity index (χ0v) is 15.4. The van der Waals surface area contributed by atoms with Gasteiger partial charge in [0.25, 0.3) is 0 Å². The lowest BCUT2D eigenvalue weighted by atomic mass is 9.81. The first-order valence-corrected chi connectivity index (χ1v) is 8.94. The van der Waals surface area contributed by atoms with Crippen LogP contribution in [0.3, 0.4) is 0 Å². The predicted octanol–water partition coefficient (Wildman–Crippen LogP) is 5.14. The van der Waals surface area contributed by atoms with Crippen LogP contribution in [0.5, 0.6) is 5.75 Å². The average molecular weight is 333 g/mol. The molecule has 130 valence electrons. The van der Waals surface area contributed by atoms with E-state index in [9.17, 15) is 5.11 Å². The third-order valence-corrected chi connectivity index (χ3v) is 4.72. The van der Waals surface area contributed by atoms with Gasteiger partial charge in [0, 0.05) is 6.54 Å². The summed E-state index contributed by atoms with van der Waals surface area (Å²) in [4.78, 5) is 2.25. The number of aryl methyl sites for hydroxylation is 1. The van der Waals surface area contributed by atoms with Crippen molar-refractivity contribution in [2.75, 3.05) is 20.6 Å². The van der Waals surface area contributed by atoms with E-state index in [1.54, 1.807) is 6.07 Å². The van der Waals surface area contributed by atoms with Crippen LogP contribution in [0.2, 0.25) is 0 Å². The second kappa shape index (κ2) is 7.71. The van der Waals surface area contributed by atoms with Crippen molar-refractivity contribution in [2.24, 2.45) is 5.92 Å². The van der Waals surface area contributed by atoms with Crippen LogP contribution in [0.25, 0.3) is 11.6 Å². The number of aromatic hydroxyl groups is 1. The number of rotatable bonds is 4. The summed E-state index contributed by atoms with van der Waals surface area (Å²) < 4.78 is 0. The Kier molecular flexibility index (Phi) is 5.40. The highest BCUT2D eigenvalue weighted by Gasteiger charge is 2.22. The van der Waals surface area contributed by atoms with E-state index in [-0.39, 0.29) is 0 Å². The maximum absolute atomic E-state index is 9.89. The summed E-state index contributed by atoms with van der Waals surface area (Å²) in [7, 11) is 4.25. The monoisotopic (exact) mass is 333 g/mol.